The van der Waals surface area contributed by atoms with Gasteiger partial charge in [0, 0.05) is 19.5 Å². The van der Waals surface area contributed by atoms with Gasteiger partial charge in [0.25, 0.3) is 0 Å². The number of alkyl carbamates (subject to hydrolysis) is 1. The van der Waals surface area contributed by atoms with Crippen LogP contribution in [0.5, 0.6) is 0 Å². The topological polar surface area (TPSA) is 67.4 Å². The summed E-state index contributed by atoms with van der Waals surface area (Å²) >= 11 is 0. The van der Waals surface area contributed by atoms with Crippen molar-refractivity contribution in [3.8, 4) is 0 Å². The number of hydrogen-bond donors (Lipinski definition) is 2. The van der Waals surface area contributed by atoms with Gasteiger partial charge in [-0.3, -0.25) is 4.79 Å². The summed E-state index contributed by atoms with van der Waals surface area (Å²) in [6.45, 7) is 7.46. The molecule has 1 aromatic carbocycles. The molecule has 8 heteroatoms. The molecule has 1 unspecified atom stereocenters. The van der Waals surface area contributed by atoms with Crippen LogP contribution >= 0.6 is 0 Å². The van der Waals surface area contributed by atoms with Crippen LogP contribution in [0.15, 0.2) is 24.3 Å². The van der Waals surface area contributed by atoms with Crippen LogP contribution in [-0.4, -0.2) is 30.7 Å². The smallest absolute Gasteiger partial charge is 0.416 e. The Labute approximate surface area is 151 Å². The monoisotopic (exact) mass is 374 g/mol. The molecule has 0 aliphatic rings. The van der Waals surface area contributed by atoms with Gasteiger partial charge < -0.3 is 15.4 Å². The summed E-state index contributed by atoms with van der Waals surface area (Å²) in [5.41, 5.74) is -0.657. The highest BCUT2D eigenvalue weighted by Gasteiger charge is 2.30. The quantitative estimate of drug-likeness (QED) is 0.744. The molecule has 2 amide bonds. The molecule has 0 saturated carbocycles. The SMILES string of the molecule is CC(CC(=O)NCCNC(=O)OC(C)(C)C)c1ccc(C(F)(F)F)cc1. The highest BCUT2D eigenvalue weighted by molar-refractivity contribution is 5.77. The van der Waals surface area contributed by atoms with E-state index in [9.17, 15) is 22.8 Å². The molecule has 0 aliphatic heterocycles. The fraction of sp³-hybridized carbons (Fsp3) is 0.556. The van der Waals surface area contributed by atoms with Gasteiger partial charge >= 0.3 is 12.3 Å². The summed E-state index contributed by atoms with van der Waals surface area (Å²) in [7, 11) is 0. The number of amides is 2. The molecule has 146 valence electrons. The third-order valence-corrected chi connectivity index (χ3v) is 3.41. The van der Waals surface area contributed by atoms with Crippen LogP contribution in [0.1, 0.15) is 51.2 Å². The second-order valence-corrected chi connectivity index (χ2v) is 7.00. The average Bonchev–Trinajstić information content (AvgIpc) is 2.49. The number of nitrogens with one attached hydrogen (secondary N) is 2. The lowest BCUT2D eigenvalue weighted by Gasteiger charge is -2.19. The minimum atomic E-state index is -4.37. The van der Waals surface area contributed by atoms with Gasteiger partial charge in [-0.25, -0.2) is 4.79 Å². The fourth-order valence-electron chi connectivity index (χ4n) is 2.15. The summed E-state index contributed by atoms with van der Waals surface area (Å²) < 4.78 is 42.7. The Morgan fingerprint density at radius 3 is 2.08 bits per heavy atom. The van der Waals surface area contributed by atoms with Gasteiger partial charge in [0.15, 0.2) is 0 Å². The second-order valence-electron chi connectivity index (χ2n) is 7.00. The van der Waals surface area contributed by atoms with Crippen molar-refractivity contribution < 1.29 is 27.5 Å². The van der Waals surface area contributed by atoms with Crippen LogP contribution in [0, 0.1) is 0 Å². The van der Waals surface area contributed by atoms with Crippen molar-refractivity contribution >= 4 is 12.0 Å². The van der Waals surface area contributed by atoms with Crippen molar-refractivity contribution in [2.75, 3.05) is 13.1 Å². The van der Waals surface area contributed by atoms with Crippen LogP contribution in [0.4, 0.5) is 18.0 Å². The van der Waals surface area contributed by atoms with E-state index in [0.717, 1.165) is 12.1 Å². The van der Waals surface area contributed by atoms with Crippen LogP contribution in [-0.2, 0) is 15.7 Å². The summed E-state index contributed by atoms with van der Waals surface area (Å²) in [6, 6.07) is 4.78. The van der Waals surface area contributed by atoms with Gasteiger partial charge in [0.05, 0.1) is 5.56 Å². The molecular formula is C18H25F3N2O3. The molecule has 2 N–H and O–H groups in total. The van der Waals surface area contributed by atoms with Crippen LogP contribution in [0.2, 0.25) is 0 Å². The maximum atomic E-state index is 12.5. The zero-order valence-electron chi connectivity index (χ0n) is 15.4. The van der Waals surface area contributed by atoms with E-state index in [0.29, 0.717) is 5.56 Å². The van der Waals surface area contributed by atoms with E-state index in [2.05, 4.69) is 10.6 Å². The molecule has 0 radical (unpaired) electrons. The van der Waals surface area contributed by atoms with Crippen LogP contribution < -0.4 is 10.6 Å². The number of hydrogen-bond acceptors (Lipinski definition) is 3. The first-order valence-corrected chi connectivity index (χ1v) is 8.29. The molecule has 1 aromatic rings. The van der Waals surface area contributed by atoms with Gasteiger partial charge in [-0.2, -0.15) is 13.2 Å². The van der Waals surface area contributed by atoms with Crippen molar-refractivity contribution in [2.24, 2.45) is 0 Å². The Morgan fingerprint density at radius 1 is 1.04 bits per heavy atom. The molecule has 26 heavy (non-hydrogen) atoms. The summed E-state index contributed by atoms with van der Waals surface area (Å²) in [4.78, 5) is 23.3. The van der Waals surface area contributed by atoms with Gasteiger partial charge in [-0.05, 0) is 44.4 Å². The fourth-order valence-corrected chi connectivity index (χ4v) is 2.15. The number of benzene rings is 1. The van der Waals surface area contributed by atoms with Crippen molar-refractivity contribution in [1.29, 1.82) is 0 Å². The van der Waals surface area contributed by atoms with Crippen molar-refractivity contribution in [3.63, 3.8) is 0 Å². The highest BCUT2D eigenvalue weighted by Crippen LogP contribution is 2.30. The molecule has 0 bridgehead atoms. The van der Waals surface area contributed by atoms with E-state index >= 15 is 0 Å². The number of halogens is 3. The van der Waals surface area contributed by atoms with E-state index in [1.807, 2.05) is 0 Å². The lowest BCUT2D eigenvalue weighted by atomic mass is 9.96. The highest BCUT2D eigenvalue weighted by atomic mass is 19.4. The first kappa shape index (κ1) is 21.8. The standard InChI is InChI=1S/C18H25F3N2O3/c1-12(13-5-7-14(8-6-13)18(19,20)21)11-15(24)22-9-10-23-16(25)26-17(2,3)4/h5-8,12H,9-11H2,1-4H3,(H,22,24)(H,23,25). The lowest BCUT2D eigenvalue weighted by molar-refractivity contribution is -0.137. The third-order valence-electron chi connectivity index (χ3n) is 3.41. The number of carbonyl (C=O) groups excluding carboxylic acids is 2. The first-order chi connectivity index (χ1) is 11.9. The van der Waals surface area contributed by atoms with Gasteiger partial charge in [-0.1, -0.05) is 19.1 Å². The Hall–Kier alpha value is -2.25. The molecule has 0 spiro atoms. The Bertz CT molecular complexity index is 608. The molecule has 0 saturated heterocycles. The molecule has 0 heterocycles. The maximum absolute atomic E-state index is 12.5. The van der Waals surface area contributed by atoms with Gasteiger partial charge in [-0.15, -0.1) is 0 Å². The molecule has 5 nitrogen and oxygen atoms in total. The summed E-state index contributed by atoms with van der Waals surface area (Å²) in [5, 5.41) is 5.17. The van der Waals surface area contributed by atoms with Gasteiger partial charge in [0.2, 0.25) is 5.91 Å². The molecule has 1 atom stereocenters. The number of rotatable bonds is 6. The minimum Gasteiger partial charge on any atom is -0.444 e. The zero-order valence-corrected chi connectivity index (χ0v) is 15.4. The van der Waals surface area contributed by atoms with E-state index < -0.39 is 23.4 Å². The predicted octanol–water partition coefficient (Wildman–Crippen LogP) is 3.84. The predicted molar refractivity (Wildman–Crippen MR) is 91.7 cm³/mol. The number of ether oxygens (including phenoxy) is 1. The Balaban J connectivity index is 2.35. The third kappa shape index (κ3) is 8.22. The lowest BCUT2D eigenvalue weighted by Crippen LogP contribution is -2.38. The normalized spacial score (nSPS) is 13.0. The van der Waals surface area contributed by atoms with Crippen molar-refractivity contribution in [1.82, 2.24) is 10.6 Å². The first-order valence-electron chi connectivity index (χ1n) is 8.29. The summed E-state index contributed by atoms with van der Waals surface area (Å²) in [6.07, 6.45) is -4.80. The molecule has 1 rings (SSSR count). The minimum absolute atomic E-state index is 0.137. The Kier molecular flexibility index (Phi) is 7.47. The number of carbonyl (C=O) groups is 2. The second kappa shape index (κ2) is 8.91. The largest absolute Gasteiger partial charge is 0.444 e. The zero-order chi connectivity index (χ0) is 20.0. The Morgan fingerprint density at radius 2 is 1.58 bits per heavy atom. The van der Waals surface area contributed by atoms with E-state index in [1.54, 1.807) is 27.7 Å². The van der Waals surface area contributed by atoms with Crippen LogP contribution in [0.25, 0.3) is 0 Å². The molecule has 0 aliphatic carbocycles. The molecular weight excluding hydrogens is 349 g/mol. The summed E-state index contributed by atoms with van der Waals surface area (Å²) in [5.74, 6) is -0.473. The van der Waals surface area contributed by atoms with E-state index in [1.165, 1.54) is 12.1 Å². The maximum Gasteiger partial charge on any atom is 0.416 e. The average molecular weight is 374 g/mol. The van der Waals surface area contributed by atoms with E-state index in [-0.39, 0.29) is 31.3 Å². The van der Waals surface area contributed by atoms with Crippen molar-refractivity contribution in [2.45, 2.75) is 51.8 Å². The van der Waals surface area contributed by atoms with Crippen molar-refractivity contribution in [3.05, 3.63) is 35.4 Å². The van der Waals surface area contributed by atoms with E-state index in [4.69, 9.17) is 4.74 Å². The molecule has 0 aromatic heterocycles. The molecule has 0 fully saturated rings. The van der Waals surface area contributed by atoms with Gasteiger partial charge in [0.1, 0.15) is 5.60 Å². The van der Waals surface area contributed by atoms with Crippen LogP contribution in [0.3, 0.4) is 0 Å². The number of alkyl halides is 3.